The molecule has 3 rings (SSSR count). The van der Waals surface area contributed by atoms with Gasteiger partial charge in [-0.2, -0.15) is 0 Å². The summed E-state index contributed by atoms with van der Waals surface area (Å²) < 4.78 is 0. The number of nitrogens with one attached hydrogen (secondary N) is 1. The van der Waals surface area contributed by atoms with Crippen molar-refractivity contribution in [3.8, 4) is 0 Å². The van der Waals surface area contributed by atoms with Crippen LogP contribution in [-0.4, -0.2) is 60.0 Å². The SMILES string of the molecule is CCCC1(C(=O)N2CCCC(N3CCCC3)C2)CCCN1. The monoisotopic (exact) mass is 293 g/mol. The van der Waals surface area contributed by atoms with Crippen LogP contribution in [0, 0.1) is 0 Å². The molecule has 2 unspecified atom stereocenters. The summed E-state index contributed by atoms with van der Waals surface area (Å²) in [4.78, 5) is 17.9. The molecule has 0 spiro atoms. The predicted molar refractivity (Wildman–Crippen MR) is 85.3 cm³/mol. The molecular weight excluding hydrogens is 262 g/mol. The Morgan fingerprint density at radius 3 is 2.67 bits per heavy atom. The fourth-order valence-electron chi connectivity index (χ4n) is 4.58. The summed E-state index contributed by atoms with van der Waals surface area (Å²) in [6.45, 7) is 7.62. The molecule has 3 aliphatic rings. The number of amides is 1. The van der Waals surface area contributed by atoms with Crippen LogP contribution < -0.4 is 5.32 Å². The molecule has 0 saturated carbocycles. The van der Waals surface area contributed by atoms with Crippen LogP contribution >= 0.6 is 0 Å². The molecule has 0 radical (unpaired) electrons. The molecule has 3 aliphatic heterocycles. The number of nitrogens with zero attached hydrogens (tertiary/aromatic N) is 2. The van der Waals surface area contributed by atoms with E-state index in [9.17, 15) is 4.79 Å². The van der Waals surface area contributed by atoms with Gasteiger partial charge in [-0.3, -0.25) is 9.69 Å². The molecule has 0 aromatic heterocycles. The number of hydrogen-bond acceptors (Lipinski definition) is 3. The third-order valence-corrected chi connectivity index (χ3v) is 5.67. The van der Waals surface area contributed by atoms with Gasteiger partial charge in [0.2, 0.25) is 5.91 Å². The number of carbonyl (C=O) groups excluding carboxylic acids is 1. The number of hydrogen-bond donors (Lipinski definition) is 1. The van der Waals surface area contributed by atoms with E-state index in [2.05, 4.69) is 22.0 Å². The van der Waals surface area contributed by atoms with Gasteiger partial charge < -0.3 is 10.2 Å². The summed E-state index contributed by atoms with van der Waals surface area (Å²) in [5.41, 5.74) is -0.234. The second kappa shape index (κ2) is 6.66. The predicted octanol–water partition coefficient (Wildman–Crippen LogP) is 2.00. The summed E-state index contributed by atoms with van der Waals surface area (Å²) in [7, 11) is 0. The molecule has 1 N–H and O–H groups in total. The third-order valence-electron chi connectivity index (χ3n) is 5.67. The van der Waals surface area contributed by atoms with E-state index in [0.717, 1.165) is 45.3 Å². The van der Waals surface area contributed by atoms with Crippen LogP contribution in [0.15, 0.2) is 0 Å². The molecule has 3 heterocycles. The highest BCUT2D eigenvalue weighted by Gasteiger charge is 2.43. The highest BCUT2D eigenvalue weighted by atomic mass is 16.2. The van der Waals surface area contributed by atoms with E-state index >= 15 is 0 Å². The molecule has 120 valence electrons. The van der Waals surface area contributed by atoms with Gasteiger partial charge >= 0.3 is 0 Å². The van der Waals surface area contributed by atoms with E-state index in [1.165, 1.54) is 38.8 Å². The van der Waals surface area contributed by atoms with Gasteiger partial charge in [0.1, 0.15) is 0 Å². The molecule has 0 aromatic carbocycles. The number of rotatable bonds is 4. The topological polar surface area (TPSA) is 35.6 Å². The minimum atomic E-state index is -0.234. The first-order chi connectivity index (χ1) is 10.2. The van der Waals surface area contributed by atoms with Crippen molar-refractivity contribution in [1.29, 1.82) is 0 Å². The number of likely N-dealkylation sites (tertiary alicyclic amines) is 2. The standard InChI is InChI=1S/C17H31N3O/c1-2-8-17(9-6-10-18-17)16(21)20-13-5-7-15(14-20)19-11-3-4-12-19/h15,18H,2-14H2,1H3. The Morgan fingerprint density at radius 1 is 1.19 bits per heavy atom. The molecule has 0 bridgehead atoms. The number of piperidine rings is 1. The Balaban J connectivity index is 1.65. The normalized spacial score (nSPS) is 34.5. The van der Waals surface area contributed by atoms with Gasteiger partial charge in [0, 0.05) is 19.1 Å². The van der Waals surface area contributed by atoms with Gasteiger partial charge in [0.05, 0.1) is 5.54 Å². The summed E-state index contributed by atoms with van der Waals surface area (Å²) in [5.74, 6) is 0.394. The molecule has 21 heavy (non-hydrogen) atoms. The molecule has 1 amide bonds. The fraction of sp³-hybridized carbons (Fsp3) is 0.941. The second-order valence-electron chi connectivity index (χ2n) is 7.15. The summed E-state index contributed by atoms with van der Waals surface area (Å²) in [6.07, 6.45) is 9.39. The van der Waals surface area contributed by atoms with Crippen LogP contribution in [0.3, 0.4) is 0 Å². The first-order valence-corrected chi connectivity index (χ1v) is 9.04. The maximum atomic E-state index is 13.1. The first-order valence-electron chi connectivity index (χ1n) is 9.04. The highest BCUT2D eigenvalue weighted by Crippen LogP contribution is 2.29. The quantitative estimate of drug-likeness (QED) is 0.861. The summed E-state index contributed by atoms with van der Waals surface area (Å²) >= 11 is 0. The maximum absolute atomic E-state index is 13.1. The lowest BCUT2D eigenvalue weighted by Crippen LogP contribution is -2.59. The van der Waals surface area contributed by atoms with Gasteiger partial charge in [0.25, 0.3) is 0 Å². The van der Waals surface area contributed by atoms with E-state index in [-0.39, 0.29) is 5.54 Å². The highest BCUT2D eigenvalue weighted by molar-refractivity contribution is 5.87. The number of carbonyl (C=O) groups is 1. The first kappa shape index (κ1) is 15.3. The van der Waals surface area contributed by atoms with Gasteiger partial charge in [-0.25, -0.2) is 0 Å². The minimum Gasteiger partial charge on any atom is -0.340 e. The van der Waals surface area contributed by atoms with E-state index < -0.39 is 0 Å². The zero-order chi connectivity index (χ0) is 14.7. The zero-order valence-corrected chi connectivity index (χ0v) is 13.6. The van der Waals surface area contributed by atoms with Crippen LogP contribution in [0.2, 0.25) is 0 Å². The van der Waals surface area contributed by atoms with Crippen LogP contribution in [0.4, 0.5) is 0 Å². The van der Waals surface area contributed by atoms with Crippen molar-refractivity contribution in [2.75, 3.05) is 32.7 Å². The Bertz CT molecular complexity index is 359. The van der Waals surface area contributed by atoms with E-state index in [0.29, 0.717) is 11.9 Å². The summed E-state index contributed by atoms with van der Waals surface area (Å²) in [6, 6.07) is 0.616. The Labute approximate surface area is 129 Å². The van der Waals surface area contributed by atoms with Crippen LogP contribution in [0.25, 0.3) is 0 Å². The van der Waals surface area contributed by atoms with Crippen LogP contribution in [0.5, 0.6) is 0 Å². The second-order valence-corrected chi connectivity index (χ2v) is 7.15. The lowest BCUT2D eigenvalue weighted by molar-refractivity contribution is -0.140. The van der Waals surface area contributed by atoms with Crippen LogP contribution in [0.1, 0.15) is 58.3 Å². The average Bonchev–Trinajstić information content (AvgIpc) is 3.19. The van der Waals surface area contributed by atoms with Gasteiger partial charge in [0.15, 0.2) is 0 Å². The Hall–Kier alpha value is -0.610. The molecule has 0 aromatic rings. The fourth-order valence-corrected chi connectivity index (χ4v) is 4.58. The lowest BCUT2D eigenvalue weighted by Gasteiger charge is -2.41. The van der Waals surface area contributed by atoms with Crippen molar-refractivity contribution in [3.05, 3.63) is 0 Å². The molecule has 3 saturated heterocycles. The van der Waals surface area contributed by atoms with Gasteiger partial charge in [-0.15, -0.1) is 0 Å². The van der Waals surface area contributed by atoms with Gasteiger partial charge in [-0.05, 0) is 64.6 Å². The maximum Gasteiger partial charge on any atom is 0.242 e. The smallest absolute Gasteiger partial charge is 0.242 e. The van der Waals surface area contributed by atoms with E-state index in [4.69, 9.17) is 0 Å². The van der Waals surface area contributed by atoms with Gasteiger partial charge in [-0.1, -0.05) is 13.3 Å². The molecule has 4 nitrogen and oxygen atoms in total. The zero-order valence-electron chi connectivity index (χ0n) is 13.6. The van der Waals surface area contributed by atoms with E-state index in [1.807, 2.05) is 0 Å². The van der Waals surface area contributed by atoms with Crippen molar-refractivity contribution < 1.29 is 4.79 Å². The molecule has 4 heteroatoms. The molecule has 3 fully saturated rings. The summed E-state index contributed by atoms with van der Waals surface area (Å²) in [5, 5.41) is 3.55. The Morgan fingerprint density at radius 2 is 2.00 bits per heavy atom. The van der Waals surface area contributed by atoms with E-state index in [1.54, 1.807) is 0 Å². The molecular formula is C17H31N3O. The van der Waals surface area contributed by atoms with Crippen molar-refractivity contribution in [1.82, 2.24) is 15.1 Å². The Kier molecular flexibility index (Phi) is 4.85. The van der Waals surface area contributed by atoms with Crippen molar-refractivity contribution >= 4 is 5.91 Å². The van der Waals surface area contributed by atoms with Crippen molar-refractivity contribution in [3.63, 3.8) is 0 Å². The lowest BCUT2D eigenvalue weighted by atomic mass is 9.89. The third kappa shape index (κ3) is 3.11. The van der Waals surface area contributed by atoms with Crippen molar-refractivity contribution in [2.24, 2.45) is 0 Å². The average molecular weight is 293 g/mol. The molecule has 2 atom stereocenters. The van der Waals surface area contributed by atoms with Crippen molar-refractivity contribution in [2.45, 2.75) is 69.9 Å². The van der Waals surface area contributed by atoms with Crippen LogP contribution in [-0.2, 0) is 4.79 Å². The molecule has 0 aliphatic carbocycles. The largest absolute Gasteiger partial charge is 0.340 e. The minimum absolute atomic E-state index is 0.234.